The van der Waals surface area contributed by atoms with Crippen LogP contribution < -0.4 is 0 Å². The zero-order valence-electron chi connectivity index (χ0n) is 12.2. The standard InChI is InChI=1S/C13H10.C7H6N2/c1-4-10-6-2-8-12-9-3-7-11(5-1)13(10)12;1-2-8-4-7-5-9-3-6(1)7/h1-8H,9H2;1-5,9H. The zero-order valence-corrected chi connectivity index (χ0v) is 12.2. The average molecular weight is 284 g/mol. The molecule has 0 bridgehead atoms. The van der Waals surface area contributed by atoms with Crippen LogP contribution >= 0.6 is 0 Å². The zero-order chi connectivity index (χ0) is 14.8. The van der Waals surface area contributed by atoms with Crippen molar-refractivity contribution in [2.24, 2.45) is 0 Å². The molecule has 0 saturated carbocycles. The highest BCUT2D eigenvalue weighted by atomic mass is 14.7. The van der Waals surface area contributed by atoms with Crippen molar-refractivity contribution in [1.29, 1.82) is 0 Å². The molecule has 2 aromatic heterocycles. The van der Waals surface area contributed by atoms with Gasteiger partial charge in [0.2, 0.25) is 0 Å². The lowest BCUT2D eigenvalue weighted by Gasteiger charge is -2.11. The summed E-state index contributed by atoms with van der Waals surface area (Å²) in [5.74, 6) is 0. The number of benzene rings is 2. The van der Waals surface area contributed by atoms with Crippen LogP contribution in [0.4, 0.5) is 0 Å². The van der Waals surface area contributed by atoms with Gasteiger partial charge in [-0.25, -0.2) is 0 Å². The number of hydrogen-bond acceptors (Lipinski definition) is 1. The van der Waals surface area contributed by atoms with E-state index in [0.29, 0.717) is 0 Å². The normalized spacial score (nSPS) is 12.2. The SMILES string of the molecule is C1=Cc2cccc3cccc(c23)C1.c1cc2c[nH]cc2cn1. The van der Waals surface area contributed by atoms with E-state index < -0.39 is 0 Å². The molecule has 1 N–H and O–H groups in total. The van der Waals surface area contributed by atoms with Crippen molar-refractivity contribution in [3.8, 4) is 0 Å². The second-order valence-corrected chi connectivity index (χ2v) is 5.43. The Labute approximate surface area is 129 Å². The Morgan fingerprint density at radius 2 is 1.73 bits per heavy atom. The van der Waals surface area contributed by atoms with E-state index in [4.69, 9.17) is 0 Å². The number of allylic oxidation sites excluding steroid dienone is 1. The van der Waals surface area contributed by atoms with Crippen LogP contribution in [0.15, 0.2) is 73.3 Å². The first-order chi connectivity index (χ1) is 10.9. The summed E-state index contributed by atoms with van der Waals surface area (Å²) >= 11 is 0. The molecule has 106 valence electrons. The van der Waals surface area contributed by atoms with E-state index >= 15 is 0 Å². The van der Waals surface area contributed by atoms with Crippen molar-refractivity contribution in [3.63, 3.8) is 0 Å². The predicted molar refractivity (Wildman–Crippen MR) is 92.8 cm³/mol. The van der Waals surface area contributed by atoms with E-state index in [1.165, 1.54) is 27.3 Å². The van der Waals surface area contributed by atoms with Crippen LogP contribution in [0.3, 0.4) is 0 Å². The molecule has 1 aliphatic carbocycles. The number of hydrogen-bond donors (Lipinski definition) is 1. The van der Waals surface area contributed by atoms with Crippen LogP contribution in [0.25, 0.3) is 27.6 Å². The molecule has 0 spiro atoms. The van der Waals surface area contributed by atoms with Gasteiger partial charge in [0.1, 0.15) is 0 Å². The lowest BCUT2D eigenvalue weighted by molar-refractivity contribution is 1.29. The molecule has 22 heavy (non-hydrogen) atoms. The Morgan fingerprint density at radius 3 is 2.64 bits per heavy atom. The van der Waals surface area contributed by atoms with Gasteiger partial charge in [0.25, 0.3) is 0 Å². The van der Waals surface area contributed by atoms with Crippen LogP contribution in [0.1, 0.15) is 11.1 Å². The fraction of sp³-hybridized carbons (Fsp3) is 0.0500. The smallest absolute Gasteiger partial charge is 0.0361 e. The van der Waals surface area contributed by atoms with Crippen molar-refractivity contribution in [2.75, 3.05) is 0 Å². The summed E-state index contributed by atoms with van der Waals surface area (Å²) in [6.45, 7) is 0. The molecule has 2 heteroatoms. The molecular formula is C20H16N2. The molecule has 2 nitrogen and oxygen atoms in total. The molecule has 0 unspecified atom stereocenters. The number of fused-ring (bicyclic) bond motifs is 1. The summed E-state index contributed by atoms with van der Waals surface area (Å²) in [7, 11) is 0. The molecule has 0 amide bonds. The minimum atomic E-state index is 1.08. The molecule has 2 heterocycles. The molecule has 4 aromatic rings. The molecule has 0 radical (unpaired) electrons. The number of aromatic nitrogens is 2. The summed E-state index contributed by atoms with van der Waals surface area (Å²) in [6, 6.07) is 15.0. The average Bonchev–Trinajstić information content (AvgIpc) is 3.05. The lowest BCUT2D eigenvalue weighted by atomic mass is 9.93. The predicted octanol–water partition coefficient (Wildman–Crippen LogP) is 4.97. The Bertz CT molecular complexity index is 928. The van der Waals surface area contributed by atoms with Crippen molar-refractivity contribution in [2.45, 2.75) is 6.42 Å². The van der Waals surface area contributed by atoms with Crippen molar-refractivity contribution >= 4 is 27.6 Å². The maximum absolute atomic E-state index is 3.97. The lowest BCUT2D eigenvalue weighted by Crippen LogP contribution is -1.91. The fourth-order valence-electron chi connectivity index (χ4n) is 2.96. The van der Waals surface area contributed by atoms with Crippen molar-refractivity contribution < 1.29 is 0 Å². The summed E-state index contributed by atoms with van der Waals surface area (Å²) in [5.41, 5.74) is 2.81. The van der Waals surface area contributed by atoms with Gasteiger partial charge in [0.15, 0.2) is 0 Å². The third kappa shape index (κ3) is 2.29. The number of nitrogens with one attached hydrogen (secondary N) is 1. The minimum Gasteiger partial charge on any atom is -0.366 e. The van der Waals surface area contributed by atoms with Crippen molar-refractivity contribution in [1.82, 2.24) is 9.97 Å². The molecular weight excluding hydrogens is 268 g/mol. The van der Waals surface area contributed by atoms with E-state index in [0.717, 1.165) is 11.8 Å². The number of nitrogens with zero attached hydrogens (tertiary/aromatic N) is 1. The summed E-state index contributed by atoms with van der Waals surface area (Å²) in [6.07, 6.45) is 13.0. The van der Waals surface area contributed by atoms with E-state index in [-0.39, 0.29) is 0 Å². The van der Waals surface area contributed by atoms with E-state index in [1.807, 2.05) is 24.7 Å². The van der Waals surface area contributed by atoms with Gasteiger partial charge >= 0.3 is 0 Å². The minimum absolute atomic E-state index is 1.08. The molecule has 0 atom stereocenters. The van der Waals surface area contributed by atoms with E-state index in [2.05, 4.69) is 58.5 Å². The Hall–Kier alpha value is -2.87. The number of aromatic amines is 1. The molecule has 5 rings (SSSR count). The topological polar surface area (TPSA) is 28.7 Å². The highest BCUT2D eigenvalue weighted by Crippen LogP contribution is 2.27. The first-order valence-electron chi connectivity index (χ1n) is 7.45. The van der Waals surface area contributed by atoms with Crippen LogP contribution in [0.2, 0.25) is 0 Å². The Kier molecular flexibility index (Phi) is 3.20. The third-order valence-electron chi connectivity index (χ3n) is 4.02. The monoisotopic (exact) mass is 284 g/mol. The van der Waals surface area contributed by atoms with E-state index in [1.54, 1.807) is 6.20 Å². The number of pyridine rings is 1. The van der Waals surface area contributed by atoms with Gasteiger partial charge < -0.3 is 4.98 Å². The molecule has 0 saturated heterocycles. The highest BCUT2D eigenvalue weighted by Gasteiger charge is 2.06. The maximum atomic E-state index is 3.97. The largest absolute Gasteiger partial charge is 0.366 e. The quantitative estimate of drug-likeness (QED) is 0.485. The van der Waals surface area contributed by atoms with Gasteiger partial charge in [-0.15, -0.1) is 0 Å². The van der Waals surface area contributed by atoms with Gasteiger partial charge in [-0.2, -0.15) is 0 Å². The highest BCUT2D eigenvalue weighted by molar-refractivity contribution is 5.94. The van der Waals surface area contributed by atoms with Gasteiger partial charge in [0, 0.05) is 35.6 Å². The van der Waals surface area contributed by atoms with Gasteiger partial charge in [-0.1, -0.05) is 48.6 Å². The second kappa shape index (κ2) is 5.49. The van der Waals surface area contributed by atoms with Gasteiger partial charge in [-0.05, 0) is 34.4 Å². The second-order valence-electron chi connectivity index (χ2n) is 5.43. The number of H-pyrrole nitrogens is 1. The van der Waals surface area contributed by atoms with Gasteiger partial charge in [0.05, 0.1) is 0 Å². The molecule has 0 fully saturated rings. The van der Waals surface area contributed by atoms with Crippen LogP contribution in [-0.4, -0.2) is 9.97 Å². The van der Waals surface area contributed by atoms with Crippen LogP contribution in [0, 0.1) is 0 Å². The molecule has 2 aromatic carbocycles. The summed E-state index contributed by atoms with van der Waals surface area (Å²) in [4.78, 5) is 6.96. The third-order valence-corrected chi connectivity index (χ3v) is 4.02. The number of rotatable bonds is 0. The van der Waals surface area contributed by atoms with Crippen LogP contribution in [0.5, 0.6) is 0 Å². The summed E-state index contributed by atoms with van der Waals surface area (Å²) in [5, 5.41) is 5.18. The van der Waals surface area contributed by atoms with E-state index in [9.17, 15) is 0 Å². The first kappa shape index (κ1) is 12.8. The molecule has 0 aliphatic heterocycles. The Balaban J connectivity index is 0.000000122. The maximum Gasteiger partial charge on any atom is 0.0361 e. The fourth-order valence-corrected chi connectivity index (χ4v) is 2.96. The summed E-state index contributed by atoms with van der Waals surface area (Å²) < 4.78 is 0. The molecule has 1 aliphatic rings. The van der Waals surface area contributed by atoms with Crippen LogP contribution in [-0.2, 0) is 6.42 Å². The van der Waals surface area contributed by atoms with Crippen molar-refractivity contribution in [3.05, 3.63) is 84.5 Å². The first-order valence-corrected chi connectivity index (χ1v) is 7.45. The Morgan fingerprint density at radius 1 is 0.864 bits per heavy atom. The van der Waals surface area contributed by atoms with Gasteiger partial charge in [-0.3, -0.25) is 4.98 Å².